The summed E-state index contributed by atoms with van der Waals surface area (Å²) >= 11 is 0. The van der Waals surface area contributed by atoms with Gasteiger partial charge in [-0.1, -0.05) is 18.2 Å². The van der Waals surface area contributed by atoms with Crippen LogP contribution >= 0.6 is 0 Å². The number of alkyl halides is 3. The lowest BCUT2D eigenvalue weighted by Gasteiger charge is -2.19. The summed E-state index contributed by atoms with van der Waals surface area (Å²) in [5, 5.41) is 4.94. The summed E-state index contributed by atoms with van der Waals surface area (Å²) in [5.41, 5.74) is -0.394. The minimum Gasteiger partial charge on any atom is -0.467 e. The maximum Gasteiger partial charge on any atom is 0.416 e. The van der Waals surface area contributed by atoms with Crippen molar-refractivity contribution in [2.45, 2.75) is 25.6 Å². The van der Waals surface area contributed by atoms with Crippen LogP contribution in [0.4, 0.5) is 18.9 Å². The first-order chi connectivity index (χ1) is 13.6. The minimum absolute atomic E-state index is 0.142. The third-order valence-electron chi connectivity index (χ3n) is 4.01. The Morgan fingerprint density at radius 1 is 1.03 bits per heavy atom. The van der Waals surface area contributed by atoms with Crippen LogP contribution in [-0.4, -0.2) is 30.9 Å². The van der Waals surface area contributed by atoms with Crippen molar-refractivity contribution in [1.29, 1.82) is 0 Å². The Labute approximate surface area is 165 Å². The number of anilines is 1. The average molecular weight is 408 g/mol. The van der Waals surface area contributed by atoms with Gasteiger partial charge in [-0.3, -0.25) is 9.59 Å². The van der Waals surface area contributed by atoms with Crippen LogP contribution in [-0.2, 0) is 26.9 Å². The summed E-state index contributed by atoms with van der Waals surface area (Å²) in [7, 11) is 1.08. The topological polar surface area (TPSA) is 84.5 Å². The highest BCUT2D eigenvalue weighted by Gasteiger charge is 2.34. The number of ether oxygens (including phenoxy) is 1. The monoisotopic (exact) mass is 408 g/mol. The summed E-state index contributed by atoms with van der Waals surface area (Å²) in [5.74, 6) is -1.82. The molecule has 0 aliphatic carbocycles. The zero-order valence-electron chi connectivity index (χ0n) is 15.7. The fourth-order valence-electron chi connectivity index (χ4n) is 2.68. The van der Waals surface area contributed by atoms with E-state index < -0.39 is 36.1 Å². The van der Waals surface area contributed by atoms with Crippen LogP contribution in [0, 0.1) is 0 Å². The van der Waals surface area contributed by atoms with Crippen LogP contribution in [0.2, 0.25) is 0 Å². The van der Waals surface area contributed by atoms with E-state index in [-0.39, 0.29) is 17.0 Å². The van der Waals surface area contributed by atoms with Gasteiger partial charge in [-0.2, -0.15) is 13.2 Å². The van der Waals surface area contributed by atoms with Gasteiger partial charge < -0.3 is 15.4 Å². The zero-order chi connectivity index (χ0) is 21.6. The van der Waals surface area contributed by atoms with Gasteiger partial charge in [-0.15, -0.1) is 0 Å². The Morgan fingerprint density at radius 2 is 1.66 bits per heavy atom. The highest BCUT2D eigenvalue weighted by molar-refractivity contribution is 5.97. The molecule has 0 fully saturated rings. The number of amides is 2. The second-order valence-electron chi connectivity index (χ2n) is 6.17. The van der Waals surface area contributed by atoms with Crippen molar-refractivity contribution < 1.29 is 32.3 Å². The molecule has 2 rings (SSSR count). The molecule has 0 saturated carbocycles. The van der Waals surface area contributed by atoms with E-state index >= 15 is 0 Å². The van der Waals surface area contributed by atoms with Crippen molar-refractivity contribution in [2.75, 3.05) is 12.4 Å². The largest absolute Gasteiger partial charge is 0.467 e. The quantitative estimate of drug-likeness (QED) is 0.719. The summed E-state index contributed by atoms with van der Waals surface area (Å²) < 4.78 is 44.2. The van der Waals surface area contributed by atoms with Crippen LogP contribution in [0.1, 0.15) is 28.4 Å². The molecule has 2 aromatic carbocycles. The van der Waals surface area contributed by atoms with Gasteiger partial charge in [-0.25, -0.2) is 4.79 Å². The molecule has 6 nitrogen and oxygen atoms in total. The van der Waals surface area contributed by atoms with Gasteiger partial charge in [0, 0.05) is 24.6 Å². The van der Waals surface area contributed by atoms with Gasteiger partial charge in [0.25, 0.3) is 5.91 Å². The number of halogens is 3. The Balaban J connectivity index is 2.21. The van der Waals surface area contributed by atoms with Gasteiger partial charge in [0.05, 0.1) is 12.7 Å². The lowest BCUT2D eigenvalue weighted by molar-refractivity contribution is -0.144. The van der Waals surface area contributed by atoms with E-state index in [1.807, 2.05) is 0 Å². The van der Waals surface area contributed by atoms with Crippen LogP contribution in [0.3, 0.4) is 0 Å². The molecule has 1 atom stereocenters. The predicted octanol–water partition coefficient (Wildman–Crippen LogP) is 3.18. The second kappa shape index (κ2) is 9.22. The van der Waals surface area contributed by atoms with Crippen LogP contribution < -0.4 is 10.6 Å². The molecule has 0 aromatic heterocycles. The standard InChI is InChI=1S/C20H19F3N2O4/c1-12(26)24-15-9-7-13(8-10-15)18(27)25-17(19(28)29-2)11-14-5-3-4-6-16(14)20(21,22)23/h3-10,17H,11H2,1-2H3,(H,24,26)(H,25,27)/t17-/m0/s1. The summed E-state index contributed by atoms with van der Waals surface area (Å²) in [6, 6.07) is 9.31. The molecule has 0 unspecified atom stereocenters. The number of methoxy groups -OCH3 is 1. The zero-order valence-corrected chi connectivity index (χ0v) is 15.7. The number of benzene rings is 2. The smallest absolute Gasteiger partial charge is 0.416 e. The molecule has 0 bridgehead atoms. The molecule has 0 spiro atoms. The minimum atomic E-state index is -4.60. The highest BCUT2D eigenvalue weighted by Crippen LogP contribution is 2.32. The van der Waals surface area contributed by atoms with Gasteiger partial charge in [0.15, 0.2) is 0 Å². The Morgan fingerprint density at radius 3 is 2.21 bits per heavy atom. The van der Waals surface area contributed by atoms with Crippen molar-refractivity contribution >= 4 is 23.5 Å². The van der Waals surface area contributed by atoms with Gasteiger partial charge in [0.2, 0.25) is 5.91 Å². The number of carbonyl (C=O) groups is 3. The first-order valence-corrected chi connectivity index (χ1v) is 8.53. The molecule has 29 heavy (non-hydrogen) atoms. The molecule has 0 saturated heterocycles. The van der Waals surface area contributed by atoms with E-state index in [0.717, 1.165) is 13.2 Å². The average Bonchev–Trinajstić information content (AvgIpc) is 2.66. The number of rotatable bonds is 6. The van der Waals surface area contributed by atoms with Crippen LogP contribution in [0.15, 0.2) is 48.5 Å². The summed E-state index contributed by atoms with van der Waals surface area (Å²) in [4.78, 5) is 35.5. The fourth-order valence-corrected chi connectivity index (χ4v) is 2.68. The molecule has 0 radical (unpaired) electrons. The van der Waals surface area contributed by atoms with Crippen molar-refractivity contribution in [1.82, 2.24) is 5.32 Å². The molecule has 2 aromatic rings. The third-order valence-corrected chi connectivity index (χ3v) is 4.01. The first-order valence-electron chi connectivity index (χ1n) is 8.53. The summed E-state index contributed by atoms with van der Waals surface area (Å²) in [6.07, 6.45) is -4.99. The van der Waals surface area contributed by atoms with Gasteiger partial charge >= 0.3 is 12.1 Å². The third kappa shape index (κ3) is 6.06. The number of hydrogen-bond acceptors (Lipinski definition) is 4. The fraction of sp³-hybridized carbons (Fsp3) is 0.250. The number of carbonyl (C=O) groups excluding carboxylic acids is 3. The van der Waals surface area contributed by atoms with E-state index in [2.05, 4.69) is 15.4 Å². The van der Waals surface area contributed by atoms with E-state index in [9.17, 15) is 27.6 Å². The molecule has 0 heterocycles. The molecule has 2 N–H and O–H groups in total. The highest BCUT2D eigenvalue weighted by atomic mass is 19.4. The van der Waals surface area contributed by atoms with Crippen molar-refractivity contribution in [3.05, 3.63) is 65.2 Å². The van der Waals surface area contributed by atoms with Crippen molar-refractivity contribution in [3.8, 4) is 0 Å². The Hall–Kier alpha value is -3.36. The second-order valence-corrected chi connectivity index (χ2v) is 6.17. The lowest BCUT2D eigenvalue weighted by Crippen LogP contribution is -2.43. The predicted molar refractivity (Wildman–Crippen MR) is 99.2 cm³/mol. The maximum atomic E-state index is 13.2. The van der Waals surface area contributed by atoms with E-state index in [0.29, 0.717) is 5.69 Å². The molecule has 2 amide bonds. The number of hydrogen-bond donors (Lipinski definition) is 2. The first kappa shape index (κ1) is 21.9. The van der Waals surface area contributed by atoms with Crippen LogP contribution in [0.5, 0.6) is 0 Å². The van der Waals surface area contributed by atoms with Crippen LogP contribution in [0.25, 0.3) is 0 Å². The van der Waals surface area contributed by atoms with E-state index in [1.165, 1.54) is 49.4 Å². The molecule has 9 heteroatoms. The van der Waals surface area contributed by atoms with Crippen molar-refractivity contribution in [3.63, 3.8) is 0 Å². The number of nitrogens with one attached hydrogen (secondary N) is 2. The molecule has 0 aliphatic rings. The molecular formula is C20H19F3N2O4. The molecule has 0 aliphatic heterocycles. The number of esters is 1. The normalized spacial score (nSPS) is 12.0. The summed E-state index contributed by atoms with van der Waals surface area (Å²) in [6.45, 7) is 1.33. The van der Waals surface area contributed by atoms with Crippen molar-refractivity contribution in [2.24, 2.45) is 0 Å². The SMILES string of the molecule is COC(=O)[C@H](Cc1ccccc1C(F)(F)F)NC(=O)c1ccc(NC(C)=O)cc1. The van der Waals surface area contributed by atoms with E-state index in [4.69, 9.17) is 0 Å². The molecule has 154 valence electrons. The van der Waals surface area contributed by atoms with Gasteiger partial charge in [0.1, 0.15) is 6.04 Å². The Bertz CT molecular complexity index is 895. The molecular weight excluding hydrogens is 389 g/mol. The maximum absolute atomic E-state index is 13.2. The van der Waals surface area contributed by atoms with E-state index in [1.54, 1.807) is 0 Å². The van der Waals surface area contributed by atoms with Gasteiger partial charge in [-0.05, 0) is 35.9 Å². The Kier molecular flexibility index (Phi) is 6.98. The lowest BCUT2D eigenvalue weighted by atomic mass is 9.99.